The lowest BCUT2D eigenvalue weighted by Gasteiger charge is -2.18. The molecule has 0 spiro atoms. The van der Waals surface area contributed by atoms with Gasteiger partial charge in [0.1, 0.15) is 0 Å². The first-order valence-electron chi connectivity index (χ1n) is 4.24. The van der Waals surface area contributed by atoms with Gasteiger partial charge in [0.15, 0.2) is 11.5 Å². The van der Waals surface area contributed by atoms with E-state index in [1.165, 1.54) is 0 Å². The zero-order valence-electron chi connectivity index (χ0n) is 7.46. The Morgan fingerprint density at radius 2 is 2.23 bits per heavy atom. The highest BCUT2D eigenvalue weighted by Crippen LogP contribution is 2.31. The minimum absolute atomic E-state index is 0.122. The normalized spacial score (nSPS) is 15.0. The molecule has 0 atom stereocenters. The van der Waals surface area contributed by atoms with Crippen molar-refractivity contribution < 1.29 is 9.53 Å². The van der Waals surface area contributed by atoms with Crippen LogP contribution in [0.5, 0.6) is 5.75 Å². The molecule has 3 nitrogen and oxygen atoms in total. The summed E-state index contributed by atoms with van der Waals surface area (Å²) in [5.74, 6) is 0.679. The molecule has 0 aromatic heterocycles. The molecular formula is C10H11NO2. The Labute approximate surface area is 76.5 Å². The van der Waals surface area contributed by atoms with Gasteiger partial charge in [-0.2, -0.15) is 0 Å². The predicted octanol–water partition coefficient (Wildman–Crippen LogP) is 1.54. The summed E-state index contributed by atoms with van der Waals surface area (Å²) in [6, 6.07) is 3.64. The van der Waals surface area contributed by atoms with Gasteiger partial charge in [-0.05, 0) is 24.6 Å². The quantitative estimate of drug-likeness (QED) is 0.611. The molecule has 68 valence electrons. The van der Waals surface area contributed by atoms with Gasteiger partial charge >= 0.3 is 0 Å². The number of benzene rings is 1. The third-order valence-electron chi connectivity index (χ3n) is 2.14. The molecule has 1 aromatic rings. The molecular weight excluding hydrogens is 166 g/mol. The van der Waals surface area contributed by atoms with E-state index in [1.54, 1.807) is 0 Å². The van der Waals surface area contributed by atoms with E-state index in [9.17, 15) is 4.79 Å². The fourth-order valence-corrected chi connectivity index (χ4v) is 1.55. The monoisotopic (exact) mass is 177 g/mol. The van der Waals surface area contributed by atoms with E-state index in [0.29, 0.717) is 30.0 Å². The molecule has 0 aliphatic carbocycles. The van der Waals surface area contributed by atoms with Crippen LogP contribution in [0.25, 0.3) is 0 Å². The second-order valence-corrected chi connectivity index (χ2v) is 3.25. The molecule has 2 N–H and O–H groups in total. The lowest BCUT2D eigenvalue weighted by Crippen LogP contribution is -2.16. The summed E-state index contributed by atoms with van der Waals surface area (Å²) in [5.41, 5.74) is 7.91. The molecule has 13 heavy (non-hydrogen) atoms. The highest BCUT2D eigenvalue weighted by molar-refractivity contribution is 6.01. The average molecular weight is 177 g/mol. The Bertz CT molecular complexity index is 371. The van der Waals surface area contributed by atoms with Crippen LogP contribution in [0.2, 0.25) is 0 Å². The van der Waals surface area contributed by atoms with Gasteiger partial charge in [-0.1, -0.05) is 0 Å². The lowest BCUT2D eigenvalue weighted by atomic mass is 10.0. The van der Waals surface area contributed by atoms with Crippen LogP contribution in [-0.2, 0) is 0 Å². The number of fused-ring (bicyclic) bond motifs is 1. The molecule has 0 radical (unpaired) electrons. The van der Waals surface area contributed by atoms with Crippen molar-refractivity contribution in [3.8, 4) is 5.75 Å². The lowest BCUT2D eigenvalue weighted by molar-refractivity contribution is 0.0934. The summed E-state index contributed by atoms with van der Waals surface area (Å²) in [4.78, 5) is 11.5. The Balaban J connectivity index is 2.63. The van der Waals surface area contributed by atoms with Crippen molar-refractivity contribution in [2.45, 2.75) is 13.3 Å². The van der Waals surface area contributed by atoms with Crippen LogP contribution in [0.1, 0.15) is 22.3 Å². The maximum absolute atomic E-state index is 11.5. The topological polar surface area (TPSA) is 52.3 Å². The number of carbonyl (C=O) groups excluding carboxylic acids is 1. The van der Waals surface area contributed by atoms with Crippen molar-refractivity contribution in [1.82, 2.24) is 0 Å². The number of carbonyl (C=O) groups is 1. The minimum Gasteiger partial charge on any atom is -0.490 e. The third-order valence-corrected chi connectivity index (χ3v) is 2.14. The number of Topliss-reactive ketones (excluding diaryl/α,β-unsaturated/α-hetero) is 1. The van der Waals surface area contributed by atoms with Gasteiger partial charge in [0, 0.05) is 6.42 Å². The fraction of sp³-hybridized carbons (Fsp3) is 0.300. The number of ketones is 1. The van der Waals surface area contributed by atoms with Gasteiger partial charge in [-0.3, -0.25) is 4.79 Å². The van der Waals surface area contributed by atoms with Gasteiger partial charge in [0.05, 0.1) is 17.9 Å². The maximum Gasteiger partial charge on any atom is 0.170 e. The Hall–Kier alpha value is -1.51. The van der Waals surface area contributed by atoms with Gasteiger partial charge in [-0.25, -0.2) is 0 Å². The summed E-state index contributed by atoms with van der Waals surface area (Å²) < 4.78 is 5.33. The van der Waals surface area contributed by atoms with E-state index in [1.807, 2.05) is 19.1 Å². The largest absolute Gasteiger partial charge is 0.490 e. The van der Waals surface area contributed by atoms with E-state index in [4.69, 9.17) is 10.5 Å². The Kier molecular flexibility index (Phi) is 1.72. The van der Waals surface area contributed by atoms with Crippen LogP contribution in [0.15, 0.2) is 12.1 Å². The average Bonchev–Trinajstić information content (AvgIpc) is 2.07. The summed E-state index contributed by atoms with van der Waals surface area (Å²) >= 11 is 0. The highest BCUT2D eigenvalue weighted by Gasteiger charge is 2.20. The van der Waals surface area contributed by atoms with Crippen molar-refractivity contribution in [3.05, 3.63) is 23.3 Å². The third kappa shape index (κ3) is 1.26. The molecule has 0 fully saturated rings. The van der Waals surface area contributed by atoms with Crippen molar-refractivity contribution in [3.63, 3.8) is 0 Å². The van der Waals surface area contributed by atoms with E-state index in [2.05, 4.69) is 0 Å². The van der Waals surface area contributed by atoms with Gasteiger partial charge in [0.2, 0.25) is 0 Å². The molecule has 0 saturated carbocycles. The molecule has 3 heteroatoms. The van der Waals surface area contributed by atoms with Gasteiger partial charge in [-0.15, -0.1) is 0 Å². The zero-order valence-corrected chi connectivity index (χ0v) is 7.46. The summed E-state index contributed by atoms with van der Waals surface area (Å²) in [6.45, 7) is 2.36. The number of nitrogens with two attached hydrogens (primary N) is 1. The number of rotatable bonds is 0. The van der Waals surface area contributed by atoms with E-state index in [-0.39, 0.29) is 5.78 Å². The number of aryl methyl sites for hydroxylation is 1. The maximum atomic E-state index is 11.5. The van der Waals surface area contributed by atoms with Crippen molar-refractivity contribution >= 4 is 11.5 Å². The van der Waals surface area contributed by atoms with Crippen LogP contribution < -0.4 is 10.5 Å². The SMILES string of the molecule is Cc1cc(N)c2c(c1)C(=O)CCO2. The highest BCUT2D eigenvalue weighted by atomic mass is 16.5. The van der Waals surface area contributed by atoms with Crippen LogP contribution in [0, 0.1) is 6.92 Å². The second kappa shape index (κ2) is 2.76. The molecule has 0 bridgehead atoms. The number of ether oxygens (including phenoxy) is 1. The molecule has 0 unspecified atom stereocenters. The molecule has 1 aliphatic rings. The molecule has 0 amide bonds. The smallest absolute Gasteiger partial charge is 0.170 e. The summed E-state index contributed by atoms with van der Waals surface area (Å²) in [7, 11) is 0. The standard InChI is InChI=1S/C10H11NO2/c1-6-4-7-9(12)2-3-13-10(7)8(11)5-6/h4-5H,2-3,11H2,1H3. The van der Waals surface area contributed by atoms with Crippen LogP contribution in [0.4, 0.5) is 5.69 Å². The molecule has 1 aliphatic heterocycles. The number of hydrogen-bond donors (Lipinski definition) is 1. The fourth-order valence-electron chi connectivity index (χ4n) is 1.55. The summed E-state index contributed by atoms with van der Waals surface area (Å²) in [6.07, 6.45) is 0.454. The number of anilines is 1. The molecule has 0 saturated heterocycles. The Morgan fingerprint density at radius 3 is 3.00 bits per heavy atom. The summed E-state index contributed by atoms with van der Waals surface area (Å²) in [5, 5.41) is 0. The molecule has 1 aromatic carbocycles. The Morgan fingerprint density at radius 1 is 1.46 bits per heavy atom. The van der Waals surface area contributed by atoms with Gasteiger partial charge in [0.25, 0.3) is 0 Å². The van der Waals surface area contributed by atoms with Crippen LogP contribution in [-0.4, -0.2) is 12.4 Å². The van der Waals surface area contributed by atoms with E-state index in [0.717, 1.165) is 5.56 Å². The molecule has 2 rings (SSSR count). The van der Waals surface area contributed by atoms with Crippen molar-refractivity contribution in [2.24, 2.45) is 0 Å². The van der Waals surface area contributed by atoms with Crippen LogP contribution in [0.3, 0.4) is 0 Å². The van der Waals surface area contributed by atoms with Gasteiger partial charge < -0.3 is 10.5 Å². The van der Waals surface area contributed by atoms with Crippen LogP contribution >= 0.6 is 0 Å². The predicted molar refractivity (Wildman–Crippen MR) is 50.0 cm³/mol. The first-order chi connectivity index (χ1) is 6.18. The zero-order chi connectivity index (χ0) is 9.42. The molecule has 1 heterocycles. The second-order valence-electron chi connectivity index (χ2n) is 3.25. The minimum atomic E-state index is 0.122. The van der Waals surface area contributed by atoms with Crippen molar-refractivity contribution in [2.75, 3.05) is 12.3 Å². The first-order valence-corrected chi connectivity index (χ1v) is 4.24. The van der Waals surface area contributed by atoms with E-state index >= 15 is 0 Å². The van der Waals surface area contributed by atoms with E-state index < -0.39 is 0 Å². The first kappa shape index (κ1) is 8.10. The number of nitrogen functional groups attached to an aromatic ring is 1. The number of hydrogen-bond acceptors (Lipinski definition) is 3. The van der Waals surface area contributed by atoms with Crippen molar-refractivity contribution in [1.29, 1.82) is 0 Å².